The van der Waals surface area contributed by atoms with Crippen LogP contribution in [0.25, 0.3) is 10.9 Å². The molecule has 2 heterocycles. The summed E-state index contributed by atoms with van der Waals surface area (Å²) < 4.78 is 1.82. The molecule has 1 atom stereocenters. The molecule has 21 heavy (non-hydrogen) atoms. The molecule has 0 saturated carbocycles. The molecule has 0 aliphatic carbocycles. The third-order valence-electron chi connectivity index (χ3n) is 3.60. The van der Waals surface area contributed by atoms with Crippen LogP contribution in [0.2, 0.25) is 0 Å². The summed E-state index contributed by atoms with van der Waals surface area (Å²) in [5.41, 5.74) is 3.28. The second-order valence-electron chi connectivity index (χ2n) is 5.13. The van der Waals surface area contributed by atoms with Crippen molar-refractivity contribution in [1.82, 2.24) is 25.3 Å². The summed E-state index contributed by atoms with van der Waals surface area (Å²) >= 11 is 0. The zero-order chi connectivity index (χ0) is 14.7. The van der Waals surface area contributed by atoms with E-state index in [1.165, 1.54) is 5.56 Å². The van der Waals surface area contributed by atoms with Crippen molar-refractivity contribution in [2.24, 2.45) is 7.05 Å². The minimum atomic E-state index is 0.0922. The van der Waals surface area contributed by atoms with Gasteiger partial charge in [0, 0.05) is 18.6 Å². The van der Waals surface area contributed by atoms with Gasteiger partial charge in [0.1, 0.15) is 0 Å². The maximum atomic E-state index is 4.37. The van der Waals surface area contributed by atoms with E-state index in [2.05, 4.69) is 51.8 Å². The molecule has 0 amide bonds. The van der Waals surface area contributed by atoms with E-state index >= 15 is 0 Å². The van der Waals surface area contributed by atoms with Crippen LogP contribution in [0.15, 0.2) is 42.7 Å². The number of aryl methyl sites for hydroxylation is 1. The fourth-order valence-electron chi connectivity index (χ4n) is 2.51. The fraction of sp³-hybridized carbons (Fsp3) is 0.312. The number of benzene rings is 1. The van der Waals surface area contributed by atoms with Crippen molar-refractivity contribution >= 4 is 10.9 Å². The Bertz CT molecular complexity index is 734. The van der Waals surface area contributed by atoms with Crippen molar-refractivity contribution in [2.75, 3.05) is 6.54 Å². The lowest BCUT2D eigenvalue weighted by Gasteiger charge is -2.19. The molecule has 0 bridgehead atoms. The van der Waals surface area contributed by atoms with Crippen molar-refractivity contribution in [1.29, 1.82) is 0 Å². The molecular formula is C16H19N5. The predicted molar refractivity (Wildman–Crippen MR) is 82.9 cm³/mol. The number of pyridine rings is 1. The number of aromatic nitrogens is 4. The molecule has 0 saturated heterocycles. The van der Waals surface area contributed by atoms with Crippen molar-refractivity contribution in [3.63, 3.8) is 0 Å². The molecule has 1 N–H and O–H groups in total. The van der Waals surface area contributed by atoms with Gasteiger partial charge in [0.25, 0.3) is 0 Å². The van der Waals surface area contributed by atoms with Crippen LogP contribution in [-0.2, 0) is 7.05 Å². The van der Waals surface area contributed by atoms with Crippen LogP contribution in [0.1, 0.15) is 30.6 Å². The lowest BCUT2D eigenvalue weighted by atomic mass is 10.0. The van der Waals surface area contributed by atoms with Gasteiger partial charge in [-0.05, 0) is 36.7 Å². The zero-order valence-corrected chi connectivity index (χ0v) is 12.3. The van der Waals surface area contributed by atoms with Crippen molar-refractivity contribution in [3.05, 3.63) is 54.0 Å². The summed E-state index contributed by atoms with van der Waals surface area (Å²) in [5, 5.41) is 12.8. The van der Waals surface area contributed by atoms with Crippen LogP contribution in [0, 0.1) is 0 Å². The van der Waals surface area contributed by atoms with E-state index in [-0.39, 0.29) is 6.04 Å². The Hall–Kier alpha value is -2.27. The highest BCUT2D eigenvalue weighted by Crippen LogP contribution is 2.24. The van der Waals surface area contributed by atoms with Crippen LogP contribution in [0.5, 0.6) is 0 Å². The second kappa shape index (κ2) is 6.01. The first kappa shape index (κ1) is 13.7. The van der Waals surface area contributed by atoms with Crippen molar-refractivity contribution in [3.8, 4) is 0 Å². The summed E-state index contributed by atoms with van der Waals surface area (Å²) in [4.78, 5) is 4.37. The molecule has 1 unspecified atom stereocenters. The monoisotopic (exact) mass is 281 g/mol. The van der Waals surface area contributed by atoms with Crippen LogP contribution in [0.3, 0.4) is 0 Å². The molecule has 0 aliphatic heterocycles. The molecule has 5 nitrogen and oxygen atoms in total. The normalized spacial score (nSPS) is 12.7. The van der Waals surface area contributed by atoms with E-state index in [0.717, 1.165) is 29.6 Å². The highest BCUT2D eigenvalue weighted by Gasteiger charge is 2.17. The molecule has 5 heteroatoms. The van der Waals surface area contributed by atoms with E-state index < -0.39 is 0 Å². The molecule has 1 aromatic carbocycles. The molecule has 108 valence electrons. The maximum absolute atomic E-state index is 4.37. The van der Waals surface area contributed by atoms with Gasteiger partial charge in [0.2, 0.25) is 0 Å². The number of nitrogens with zero attached hydrogens (tertiary/aromatic N) is 4. The summed E-state index contributed by atoms with van der Waals surface area (Å²) in [6.45, 7) is 3.11. The molecule has 0 spiro atoms. The average molecular weight is 281 g/mol. The first-order valence-corrected chi connectivity index (χ1v) is 7.22. The third-order valence-corrected chi connectivity index (χ3v) is 3.60. The highest BCUT2D eigenvalue weighted by molar-refractivity contribution is 5.79. The Morgan fingerprint density at radius 3 is 2.95 bits per heavy atom. The van der Waals surface area contributed by atoms with Gasteiger partial charge in [-0.2, -0.15) is 0 Å². The van der Waals surface area contributed by atoms with E-state index in [1.54, 1.807) is 0 Å². The second-order valence-corrected chi connectivity index (χ2v) is 5.13. The number of nitrogens with one attached hydrogen (secondary N) is 1. The summed E-state index contributed by atoms with van der Waals surface area (Å²) in [6, 6.07) is 10.5. The van der Waals surface area contributed by atoms with Gasteiger partial charge in [0.05, 0.1) is 23.4 Å². The largest absolute Gasteiger partial charge is 0.305 e. The number of fused-ring (bicyclic) bond motifs is 1. The van der Waals surface area contributed by atoms with Gasteiger partial charge in [0.15, 0.2) is 0 Å². The minimum Gasteiger partial charge on any atom is -0.305 e. The summed E-state index contributed by atoms with van der Waals surface area (Å²) in [5.74, 6) is 0. The van der Waals surface area contributed by atoms with E-state index in [0.29, 0.717) is 0 Å². The quantitative estimate of drug-likeness (QED) is 0.780. The highest BCUT2D eigenvalue weighted by atomic mass is 15.4. The molecule has 0 fully saturated rings. The Morgan fingerprint density at radius 1 is 1.29 bits per heavy atom. The third kappa shape index (κ3) is 2.78. The number of hydrogen-bond donors (Lipinski definition) is 1. The van der Waals surface area contributed by atoms with E-state index in [1.807, 2.05) is 30.2 Å². The Kier molecular flexibility index (Phi) is 3.92. The molecule has 3 rings (SSSR count). The topological polar surface area (TPSA) is 55.6 Å². The SMILES string of the molecule is CCCNC(c1ccc2ncccc2c1)c1cnnn1C. The van der Waals surface area contributed by atoms with Crippen LogP contribution < -0.4 is 5.32 Å². The molecule has 0 aliphatic rings. The molecule has 0 radical (unpaired) electrons. The van der Waals surface area contributed by atoms with Gasteiger partial charge in [-0.25, -0.2) is 0 Å². The van der Waals surface area contributed by atoms with Gasteiger partial charge in [-0.3, -0.25) is 9.67 Å². The molecule has 2 aromatic heterocycles. The van der Waals surface area contributed by atoms with Crippen LogP contribution in [0.4, 0.5) is 0 Å². The Labute approximate surface area is 124 Å². The number of hydrogen-bond acceptors (Lipinski definition) is 4. The number of rotatable bonds is 5. The van der Waals surface area contributed by atoms with E-state index in [9.17, 15) is 0 Å². The van der Waals surface area contributed by atoms with Gasteiger partial charge < -0.3 is 5.32 Å². The summed E-state index contributed by atoms with van der Waals surface area (Å²) in [7, 11) is 1.92. The molecule has 3 aromatic rings. The first-order valence-electron chi connectivity index (χ1n) is 7.22. The van der Waals surface area contributed by atoms with Crippen molar-refractivity contribution < 1.29 is 0 Å². The lowest BCUT2D eigenvalue weighted by molar-refractivity contribution is 0.551. The summed E-state index contributed by atoms with van der Waals surface area (Å²) in [6.07, 6.45) is 4.72. The van der Waals surface area contributed by atoms with Crippen LogP contribution >= 0.6 is 0 Å². The zero-order valence-electron chi connectivity index (χ0n) is 12.3. The smallest absolute Gasteiger partial charge is 0.0798 e. The standard InChI is InChI=1S/C16H19N5/c1-3-8-18-16(15-11-19-20-21(15)2)13-6-7-14-12(10-13)5-4-9-17-14/h4-7,9-11,16,18H,3,8H2,1-2H3. The van der Waals surface area contributed by atoms with Crippen molar-refractivity contribution in [2.45, 2.75) is 19.4 Å². The van der Waals surface area contributed by atoms with Gasteiger partial charge in [-0.15, -0.1) is 5.10 Å². The van der Waals surface area contributed by atoms with Gasteiger partial charge in [-0.1, -0.05) is 24.3 Å². The average Bonchev–Trinajstić information content (AvgIpc) is 2.94. The van der Waals surface area contributed by atoms with Gasteiger partial charge >= 0.3 is 0 Å². The predicted octanol–water partition coefficient (Wildman–Crippen LogP) is 2.45. The lowest BCUT2D eigenvalue weighted by Crippen LogP contribution is -2.25. The fourth-order valence-corrected chi connectivity index (χ4v) is 2.51. The van der Waals surface area contributed by atoms with Crippen LogP contribution in [-0.4, -0.2) is 26.5 Å². The maximum Gasteiger partial charge on any atom is 0.0798 e. The minimum absolute atomic E-state index is 0.0922. The van der Waals surface area contributed by atoms with E-state index in [4.69, 9.17) is 0 Å². The Balaban J connectivity index is 2.03. The Morgan fingerprint density at radius 2 is 2.19 bits per heavy atom. The molecular weight excluding hydrogens is 262 g/mol. The first-order chi connectivity index (χ1) is 10.3.